The maximum Gasteiger partial charge on any atom is 0.313 e. The van der Waals surface area contributed by atoms with Gasteiger partial charge in [0.15, 0.2) is 5.16 Å². The summed E-state index contributed by atoms with van der Waals surface area (Å²) >= 11 is 1.23. The van der Waals surface area contributed by atoms with Crippen LogP contribution in [-0.4, -0.2) is 44.8 Å². The van der Waals surface area contributed by atoms with Gasteiger partial charge >= 0.3 is 5.97 Å². The Morgan fingerprint density at radius 1 is 1.48 bits per heavy atom. The maximum atomic E-state index is 10.7. The van der Waals surface area contributed by atoms with Gasteiger partial charge in [0.1, 0.15) is 5.82 Å². The molecule has 0 radical (unpaired) electrons. The number of ether oxygens (including phenoxy) is 1. The van der Waals surface area contributed by atoms with E-state index in [1.54, 1.807) is 0 Å². The third-order valence-electron chi connectivity index (χ3n) is 3.31. The van der Waals surface area contributed by atoms with E-state index in [1.165, 1.54) is 24.6 Å². The highest BCUT2D eigenvalue weighted by molar-refractivity contribution is 7.99. The Labute approximate surface area is 129 Å². The zero-order valence-corrected chi connectivity index (χ0v) is 13.3. The average Bonchev–Trinajstić information content (AvgIpc) is 3.20. The second-order valence-electron chi connectivity index (χ2n) is 5.35. The summed E-state index contributed by atoms with van der Waals surface area (Å²) < 4.78 is 7.68. The minimum absolute atomic E-state index is 0.0163. The topological polar surface area (TPSA) is 77.2 Å². The van der Waals surface area contributed by atoms with Gasteiger partial charge in [-0.15, -0.1) is 10.2 Å². The van der Waals surface area contributed by atoms with Crippen molar-refractivity contribution in [2.24, 2.45) is 5.92 Å². The van der Waals surface area contributed by atoms with Gasteiger partial charge in [-0.3, -0.25) is 4.79 Å². The number of hydrogen-bond acceptors (Lipinski definition) is 5. The molecule has 0 unspecified atom stereocenters. The van der Waals surface area contributed by atoms with Crippen LogP contribution in [0.25, 0.3) is 0 Å². The molecule has 6 nitrogen and oxygen atoms in total. The smallest absolute Gasteiger partial charge is 0.313 e. The lowest BCUT2D eigenvalue weighted by atomic mass is 10.3. The largest absolute Gasteiger partial charge is 0.481 e. The monoisotopic (exact) mass is 313 g/mol. The SMILES string of the molecule is CCCc1nnc(SCC(=O)O)n1CCCOCC1CC1. The van der Waals surface area contributed by atoms with Crippen LogP contribution < -0.4 is 0 Å². The number of carboxylic acid groups (broad SMARTS) is 1. The van der Waals surface area contributed by atoms with Gasteiger partial charge in [0, 0.05) is 26.2 Å². The highest BCUT2D eigenvalue weighted by Crippen LogP contribution is 2.28. The standard InChI is InChI=1S/C14H23N3O3S/c1-2-4-12-15-16-14(21-10-13(18)19)17(12)7-3-8-20-9-11-5-6-11/h11H,2-10H2,1H3,(H,18,19). The number of thioether (sulfide) groups is 1. The Morgan fingerprint density at radius 2 is 2.29 bits per heavy atom. The summed E-state index contributed by atoms with van der Waals surface area (Å²) in [6.45, 7) is 4.50. The van der Waals surface area contributed by atoms with Crippen molar-refractivity contribution in [1.29, 1.82) is 0 Å². The molecule has 1 aliphatic rings. The van der Waals surface area contributed by atoms with E-state index in [-0.39, 0.29) is 5.75 Å². The number of hydrogen-bond donors (Lipinski definition) is 1. The third kappa shape index (κ3) is 5.67. The Kier molecular flexibility index (Phi) is 6.50. The summed E-state index contributed by atoms with van der Waals surface area (Å²) in [6, 6.07) is 0. The minimum atomic E-state index is -0.834. The third-order valence-corrected chi connectivity index (χ3v) is 4.26. The van der Waals surface area contributed by atoms with Crippen LogP contribution in [0.15, 0.2) is 5.16 Å². The molecule has 1 saturated carbocycles. The zero-order valence-electron chi connectivity index (χ0n) is 12.5. The van der Waals surface area contributed by atoms with Crippen molar-refractivity contribution in [1.82, 2.24) is 14.8 Å². The first kappa shape index (κ1) is 16.3. The number of carboxylic acids is 1. The van der Waals surface area contributed by atoms with Crippen molar-refractivity contribution in [3.05, 3.63) is 5.82 Å². The normalized spacial score (nSPS) is 14.5. The van der Waals surface area contributed by atoms with Crippen LogP contribution in [0.2, 0.25) is 0 Å². The molecule has 1 fully saturated rings. The predicted molar refractivity (Wildman–Crippen MR) is 80.5 cm³/mol. The highest BCUT2D eigenvalue weighted by atomic mass is 32.2. The number of aryl methyl sites for hydroxylation is 1. The molecule has 118 valence electrons. The molecular formula is C14H23N3O3S. The van der Waals surface area contributed by atoms with E-state index in [9.17, 15) is 4.79 Å². The van der Waals surface area contributed by atoms with Gasteiger partial charge in [-0.1, -0.05) is 18.7 Å². The molecule has 0 saturated heterocycles. The average molecular weight is 313 g/mol. The van der Waals surface area contributed by atoms with Gasteiger partial charge in [0.05, 0.1) is 5.75 Å². The van der Waals surface area contributed by atoms with Crippen LogP contribution in [0.3, 0.4) is 0 Å². The van der Waals surface area contributed by atoms with Crippen molar-refractivity contribution < 1.29 is 14.6 Å². The Hall–Kier alpha value is -1.08. The molecule has 1 aromatic heterocycles. The molecule has 1 aromatic rings. The van der Waals surface area contributed by atoms with Crippen LogP contribution in [0.1, 0.15) is 38.4 Å². The molecule has 0 atom stereocenters. The van der Waals surface area contributed by atoms with E-state index in [0.29, 0.717) is 5.16 Å². The molecule has 7 heteroatoms. The van der Waals surface area contributed by atoms with Crippen molar-refractivity contribution in [2.45, 2.75) is 50.7 Å². The predicted octanol–water partition coefficient (Wildman–Crippen LogP) is 2.22. The van der Waals surface area contributed by atoms with Crippen molar-refractivity contribution in [3.63, 3.8) is 0 Å². The van der Waals surface area contributed by atoms with E-state index < -0.39 is 5.97 Å². The number of aliphatic carboxylic acids is 1. The van der Waals surface area contributed by atoms with Crippen LogP contribution >= 0.6 is 11.8 Å². The van der Waals surface area contributed by atoms with Crippen LogP contribution in [0.5, 0.6) is 0 Å². The van der Waals surface area contributed by atoms with Crippen LogP contribution in [0, 0.1) is 5.92 Å². The molecule has 0 aliphatic heterocycles. The first-order chi connectivity index (χ1) is 10.2. The molecule has 2 rings (SSSR count). The van der Waals surface area contributed by atoms with Gasteiger partial charge in [-0.05, 0) is 31.6 Å². The first-order valence-corrected chi connectivity index (χ1v) is 8.53. The molecule has 0 spiro atoms. The van der Waals surface area contributed by atoms with E-state index in [4.69, 9.17) is 9.84 Å². The minimum Gasteiger partial charge on any atom is -0.481 e. The lowest BCUT2D eigenvalue weighted by molar-refractivity contribution is -0.133. The number of carbonyl (C=O) groups is 1. The van der Waals surface area contributed by atoms with Gasteiger partial charge < -0.3 is 14.4 Å². The van der Waals surface area contributed by atoms with Gasteiger partial charge in [-0.25, -0.2) is 0 Å². The Morgan fingerprint density at radius 3 is 2.95 bits per heavy atom. The van der Waals surface area contributed by atoms with Crippen molar-refractivity contribution in [2.75, 3.05) is 19.0 Å². The Bertz CT molecular complexity index is 460. The molecule has 0 aromatic carbocycles. The van der Waals surface area contributed by atoms with E-state index in [0.717, 1.165) is 50.8 Å². The number of aromatic nitrogens is 3. The fourth-order valence-electron chi connectivity index (χ4n) is 2.04. The van der Waals surface area contributed by atoms with Crippen LogP contribution in [0.4, 0.5) is 0 Å². The van der Waals surface area contributed by atoms with Crippen molar-refractivity contribution in [3.8, 4) is 0 Å². The zero-order chi connectivity index (χ0) is 15.1. The fourth-order valence-corrected chi connectivity index (χ4v) is 2.75. The molecule has 1 N–H and O–H groups in total. The van der Waals surface area contributed by atoms with E-state index >= 15 is 0 Å². The number of nitrogens with zero attached hydrogens (tertiary/aromatic N) is 3. The summed E-state index contributed by atoms with van der Waals surface area (Å²) in [5, 5.41) is 17.8. The number of rotatable bonds is 11. The molecule has 1 heterocycles. The summed E-state index contributed by atoms with van der Waals surface area (Å²) in [7, 11) is 0. The first-order valence-electron chi connectivity index (χ1n) is 7.55. The van der Waals surface area contributed by atoms with Crippen LogP contribution in [-0.2, 0) is 22.5 Å². The second-order valence-corrected chi connectivity index (χ2v) is 6.30. The van der Waals surface area contributed by atoms with E-state index in [1.807, 2.05) is 4.57 Å². The lowest BCUT2D eigenvalue weighted by Gasteiger charge is -2.09. The van der Waals surface area contributed by atoms with Gasteiger partial charge in [-0.2, -0.15) is 0 Å². The summed E-state index contributed by atoms with van der Waals surface area (Å²) in [5.41, 5.74) is 0. The highest BCUT2D eigenvalue weighted by Gasteiger charge is 2.21. The Balaban J connectivity index is 1.83. The second kappa shape index (κ2) is 8.38. The van der Waals surface area contributed by atoms with E-state index in [2.05, 4.69) is 17.1 Å². The quantitative estimate of drug-likeness (QED) is 0.498. The maximum absolute atomic E-state index is 10.7. The van der Waals surface area contributed by atoms with Gasteiger partial charge in [0.25, 0.3) is 0 Å². The molecule has 0 amide bonds. The molecule has 0 bridgehead atoms. The summed E-state index contributed by atoms with van der Waals surface area (Å²) in [5.74, 6) is 0.909. The molecular weight excluding hydrogens is 290 g/mol. The summed E-state index contributed by atoms with van der Waals surface area (Å²) in [6.07, 6.45) is 5.38. The lowest BCUT2D eigenvalue weighted by Crippen LogP contribution is -2.09. The summed E-state index contributed by atoms with van der Waals surface area (Å²) in [4.78, 5) is 10.7. The van der Waals surface area contributed by atoms with Gasteiger partial charge in [0.2, 0.25) is 0 Å². The molecule has 21 heavy (non-hydrogen) atoms. The fraction of sp³-hybridized carbons (Fsp3) is 0.786. The van der Waals surface area contributed by atoms with Crippen molar-refractivity contribution >= 4 is 17.7 Å². The molecule has 1 aliphatic carbocycles.